The molecule has 0 N–H and O–H groups in total. The number of aromatic nitrogens is 2. The minimum Gasteiger partial charge on any atom is -0.338 e. The second kappa shape index (κ2) is 5.51. The van der Waals surface area contributed by atoms with Crippen molar-refractivity contribution in [3.05, 3.63) is 40.5 Å². The molecule has 0 spiro atoms. The molecule has 21 heavy (non-hydrogen) atoms. The lowest BCUT2D eigenvalue weighted by atomic mass is 10.2. The zero-order valence-electron chi connectivity index (χ0n) is 11.4. The van der Waals surface area contributed by atoms with Crippen molar-refractivity contribution in [3.8, 4) is 0 Å². The van der Waals surface area contributed by atoms with Crippen LogP contribution in [0.25, 0.3) is 0 Å². The van der Waals surface area contributed by atoms with Gasteiger partial charge in [0.2, 0.25) is 15.9 Å². The van der Waals surface area contributed by atoms with Gasteiger partial charge in [0.05, 0.1) is 4.90 Å². The molecule has 112 valence electrons. The van der Waals surface area contributed by atoms with Crippen molar-refractivity contribution in [2.75, 3.05) is 6.54 Å². The number of hydrogen-bond acceptors (Lipinski definition) is 5. The van der Waals surface area contributed by atoms with Gasteiger partial charge in [-0.25, -0.2) is 8.42 Å². The second-order valence-corrected chi connectivity index (χ2v) is 7.71. The first-order valence-corrected chi connectivity index (χ1v) is 8.79. The number of benzene rings is 1. The Labute approximate surface area is 131 Å². The van der Waals surface area contributed by atoms with Gasteiger partial charge in [0, 0.05) is 11.0 Å². The molecule has 2 aromatic rings. The molecule has 0 radical (unpaired) electrons. The zero-order valence-corrected chi connectivity index (χ0v) is 13.8. The number of halogens is 1. The summed E-state index contributed by atoms with van der Waals surface area (Å²) in [5, 5.41) is 3.75. The lowest BCUT2D eigenvalue weighted by Gasteiger charge is -2.21. The first-order valence-electron chi connectivity index (χ1n) is 6.56. The summed E-state index contributed by atoms with van der Waals surface area (Å²) in [6.45, 7) is 2.18. The highest BCUT2D eigenvalue weighted by Gasteiger charge is 2.39. The molecule has 1 fully saturated rings. The summed E-state index contributed by atoms with van der Waals surface area (Å²) in [5.74, 6) is 0.878. The van der Waals surface area contributed by atoms with Crippen molar-refractivity contribution in [1.82, 2.24) is 14.4 Å². The Hall–Kier alpha value is -1.25. The molecule has 3 rings (SSSR count). The molecule has 0 amide bonds. The molecular formula is C13H14BrN3O3S. The van der Waals surface area contributed by atoms with Gasteiger partial charge < -0.3 is 4.52 Å². The highest BCUT2D eigenvalue weighted by Crippen LogP contribution is 2.35. The monoisotopic (exact) mass is 371 g/mol. The predicted octanol–water partition coefficient (Wildman–Crippen LogP) is 2.67. The Morgan fingerprint density at radius 1 is 1.33 bits per heavy atom. The molecule has 8 heteroatoms. The van der Waals surface area contributed by atoms with Crippen LogP contribution >= 0.6 is 15.9 Å². The molecule has 1 aromatic heterocycles. The zero-order chi connectivity index (χ0) is 15.0. The SMILES string of the molecule is Cc1noc(C2CCCN2S(=O)(=O)c2ccc(Br)cc2)n1. The Kier molecular flexibility index (Phi) is 3.85. The molecule has 1 unspecified atom stereocenters. The lowest BCUT2D eigenvalue weighted by Crippen LogP contribution is -2.30. The fourth-order valence-electron chi connectivity index (χ4n) is 2.47. The first-order chi connectivity index (χ1) is 9.98. The van der Waals surface area contributed by atoms with E-state index in [1.54, 1.807) is 31.2 Å². The highest BCUT2D eigenvalue weighted by atomic mass is 79.9. The Bertz CT molecular complexity index is 742. The smallest absolute Gasteiger partial charge is 0.245 e. The average molecular weight is 372 g/mol. The van der Waals surface area contributed by atoms with E-state index in [2.05, 4.69) is 26.1 Å². The summed E-state index contributed by atoms with van der Waals surface area (Å²) in [4.78, 5) is 4.44. The number of aryl methyl sites for hydroxylation is 1. The second-order valence-electron chi connectivity index (χ2n) is 4.91. The van der Waals surface area contributed by atoms with E-state index in [1.165, 1.54) is 4.31 Å². The van der Waals surface area contributed by atoms with Crippen molar-refractivity contribution in [1.29, 1.82) is 0 Å². The third-order valence-corrected chi connectivity index (χ3v) is 5.90. The highest BCUT2D eigenvalue weighted by molar-refractivity contribution is 9.10. The van der Waals surface area contributed by atoms with E-state index in [0.717, 1.165) is 10.9 Å². The maximum absolute atomic E-state index is 12.8. The van der Waals surface area contributed by atoms with E-state index >= 15 is 0 Å². The van der Waals surface area contributed by atoms with Gasteiger partial charge in [0.1, 0.15) is 6.04 Å². The summed E-state index contributed by atoms with van der Waals surface area (Å²) < 4.78 is 33.0. The number of sulfonamides is 1. The minimum atomic E-state index is -3.56. The van der Waals surface area contributed by atoms with Crippen LogP contribution in [0.15, 0.2) is 38.2 Å². The standard InChI is InChI=1S/C13H14BrN3O3S/c1-9-15-13(20-16-9)12-3-2-8-17(12)21(18,19)11-6-4-10(14)5-7-11/h4-7,12H,2-3,8H2,1H3. The van der Waals surface area contributed by atoms with E-state index in [1.807, 2.05) is 0 Å². The van der Waals surface area contributed by atoms with Crippen molar-refractivity contribution >= 4 is 26.0 Å². The van der Waals surface area contributed by atoms with Crippen LogP contribution in [0, 0.1) is 6.92 Å². The third-order valence-electron chi connectivity index (χ3n) is 3.45. The maximum atomic E-state index is 12.8. The minimum absolute atomic E-state index is 0.272. The Morgan fingerprint density at radius 2 is 2.05 bits per heavy atom. The first kappa shape index (κ1) is 14.7. The van der Waals surface area contributed by atoms with E-state index in [9.17, 15) is 8.42 Å². The van der Waals surface area contributed by atoms with Crippen LogP contribution in [0.2, 0.25) is 0 Å². The molecule has 6 nitrogen and oxygen atoms in total. The Morgan fingerprint density at radius 3 is 2.67 bits per heavy atom. The number of nitrogens with zero attached hydrogens (tertiary/aromatic N) is 3. The molecule has 0 bridgehead atoms. The molecular weight excluding hydrogens is 358 g/mol. The number of rotatable bonds is 3. The van der Waals surface area contributed by atoms with Gasteiger partial charge in [-0.15, -0.1) is 0 Å². The van der Waals surface area contributed by atoms with E-state index in [-0.39, 0.29) is 10.9 Å². The van der Waals surface area contributed by atoms with E-state index in [0.29, 0.717) is 24.7 Å². The van der Waals surface area contributed by atoms with Gasteiger partial charge in [-0.3, -0.25) is 0 Å². The average Bonchev–Trinajstić information content (AvgIpc) is 3.07. The summed E-state index contributed by atoms with van der Waals surface area (Å²) in [6.07, 6.45) is 1.47. The molecule has 1 atom stereocenters. The van der Waals surface area contributed by atoms with Gasteiger partial charge in [-0.2, -0.15) is 9.29 Å². The van der Waals surface area contributed by atoms with E-state index in [4.69, 9.17) is 4.52 Å². The molecule has 1 aliphatic rings. The molecule has 0 saturated carbocycles. The van der Waals surface area contributed by atoms with Crippen molar-refractivity contribution < 1.29 is 12.9 Å². The number of hydrogen-bond donors (Lipinski definition) is 0. The molecule has 2 heterocycles. The topological polar surface area (TPSA) is 76.3 Å². The van der Waals surface area contributed by atoms with E-state index < -0.39 is 10.0 Å². The summed E-state index contributed by atoms with van der Waals surface area (Å²) in [6, 6.07) is 6.24. The van der Waals surface area contributed by atoms with Crippen LogP contribution in [0.4, 0.5) is 0 Å². The van der Waals surface area contributed by atoms with Crippen molar-refractivity contribution in [2.45, 2.75) is 30.7 Å². The maximum Gasteiger partial charge on any atom is 0.245 e. The Balaban J connectivity index is 1.96. The molecule has 1 aliphatic heterocycles. The fourth-order valence-corrected chi connectivity index (χ4v) is 4.38. The summed E-state index contributed by atoms with van der Waals surface area (Å²) >= 11 is 3.31. The van der Waals surface area contributed by atoms with Crippen molar-refractivity contribution in [3.63, 3.8) is 0 Å². The largest absolute Gasteiger partial charge is 0.338 e. The van der Waals surface area contributed by atoms with Crippen LogP contribution in [0.5, 0.6) is 0 Å². The van der Waals surface area contributed by atoms with Crippen LogP contribution in [-0.4, -0.2) is 29.4 Å². The predicted molar refractivity (Wildman–Crippen MR) is 79.0 cm³/mol. The van der Waals surface area contributed by atoms with Gasteiger partial charge in [0.25, 0.3) is 0 Å². The lowest BCUT2D eigenvalue weighted by molar-refractivity contribution is 0.289. The fraction of sp³-hybridized carbons (Fsp3) is 0.385. The third kappa shape index (κ3) is 2.75. The van der Waals surface area contributed by atoms with Crippen LogP contribution in [-0.2, 0) is 10.0 Å². The molecule has 0 aliphatic carbocycles. The van der Waals surface area contributed by atoms with Gasteiger partial charge in [-0.1, -0.05) is 21.1 Å². The summed E-state index contributed by atoms with van der Waals surface area (Å²) in [7, 11) is -3.56. The molecule has 1 aromatic carbocycles. The molecule has 1 saturated heterocycles. The summed E-state index contributed by atoms with van der Waals surface area (Å²) in [5.41, 5.74) is 0. The van der Waals surface area contributed by atoms with Gasteiger partial charge in [-0.05, 0) is 44.0 Å². The normalized spacial score (nSPS) is 20.0. The van der Waals surface area contributed by atoms with Crippen LogP contribution in [0.3, 0.4) is 0 Å². The quantitative estimate of drug-likeness (QED) is 0.828. The van der Waals surface area contributed by atoms with Gasteiger partial charge >= 0.3 is 0 Å². The van der Waals surface area contributed by atoms with Crippen LogP contribution < -0.4 is 0 Å². The van der Waals surface area contributed by atoms with Gasteiger partial charge in [0.15, 0.2) is 5.82 Å². The van der Waals surface area contributed by atoms with Crippen LogP contribution in [0.1, 0.15) is 30.6 Å². The van der Waals surface area contributed by atoms with Crippen molar-refractivity contribution in [2.24, 2.45) is 0 Å².